The summed E-state index contributed by atoms with van der Waals surface area (Å²) in [7, 11) is 0. The van der Waals surface area contributed by atoms with E-state index in [9.17, 15) is 14.0 Å². The van der Waals surface area contributed by atoms with Crippen molar-refractivity contribution in [3.8, 4) is 0 Å². The predicted octanol–water partition coefficient (Wildman–Crippen LogP) is 2.80. The van der Waals surface area contributed by atoms with Gasteiger partial charge in [0.25, 0.3) is 0 Å². The van der Waals surface area contributed by atoms with E-state index in [2.05, 4.69) is 20.8 Å². The van der Waals surface area contributed by atoms with Crippen LogP contribution < -0.4 is 15.9 Å². The molecule has 1 aromatic heterocycles. The van der Waals surface area contributed by atoms with E-state index in [1.807, 2.05) is 6.92 Å². The lowest BCUT2D eigenvalue weighted by molar-refractivity contribution is -0.132. The summed E-state index contributed by atoms with van der Waals surface area (Å²) >= 11 is 0. The molecule has 0 radical (unpaired) electrons. The van der Waals surface area contributed by atoms with Crippen LogP contribution in [0.2, 0.25) is 0 Å². The van der Waals surface area contributed by atoms with Gasteiger partial charge in [0.15, 0.2) is 0 Å². The Balaban J connectivity index is 1.64. The fraction of sp³-hybridized carbons (Fsp3) is 0.409. The van der Waals surface area contributed by atoms with Crippen molar-refractivity contribution >= 4 is 23.7 Å². The van der Waals surface area contributed by atoms with Crippen LogP contribution in [-0.4, -0.2) is 41.9 Å². The molecule has 2 N–H and O–H groups in total. The van der Waals surface area contributed by atoms with E-state index < -0.39 is 5.82 Å². The minimum Gasteiger partial charge on any atom is -0.299 e. The highest BCUT2D eigenvalue weighted by Crippen LogP contribution is 2.24. The number of amides is 2. The van der Waals surface area contributed by atoms with E-state index in [4.69, 9.17) is 4.84 Å². The van der Waals surface area contributed by atoms with Crippen molar-refractivity contribution < 1.29 is 18.8 Å². The molecule has 31 heavy (non-hydrogen) atoms. The topological polar surface area (TPSA) is 86.8 Å². The summed E-state index contributed by atoms with van der Waals surface area (Å²) in [6.45, 7) is 6.10. The number of pyridine rings is 1. The number of hydroxylamine groups is 1. The number of carbonyl (C=O) groups excluding carboxylic acids is 2. The first-order valence-corrected chi connectivity index (χ1v) is 10.3. The van der Waals surface area contributed by atoms with Crippen molar-refractivity contribution in [2.24, 2.45) is 5.92 Å². The number of anilines is 2. The maximum absolute atomic E-state index is 14.5. The van der Waals surface area contributed by atoms with Gasteiger partial charge < -0.3 is 0 Å². The number of aryl methyl sites for hydroxylation is 1. The second kappa shape index (κ2) is 10.8. The normalized spacial score (nSPS) is 16.5. The number of aromatic nitrogens is 1. The average Bonchev–Trinajstić information content (AvgIpc) is 2.75. The summed E-state index contributed by atoms with van der Waals surface area (Å²) in [4.78, 5) is 34.3. The first-order chi connectivity index (χ1) is 14.9. The van der Waals surface area contributed by atoms with Crippen LogP contribution >= 0.6 is 0 Å². The zero-order valence-corrected chi connectivity index (χ0v) is 17.8. The number of likely N-dealkylation sites (tertiary alicyclic amines) is 1. The molecule has 1 atom stereocenters. The van der Waals surface area contributed by atoms with Gasteiger partial charge in [-0.3, -0.25) is 29.7 Å². The molecule has 0 aliphatic carbocycles. The number of hydrogen-bond donors (Lipinski definition) is 2. The third kappa shape index (κ3) is 6.73. The maximum atomic E-state index is 14.5. The SMILES string of the molecule is CC(=O)NOCC1CCCN(Cc2ccc(F)c(N(C=O)Nc3ccc(C)nc3)c2)C1. The number of rotatable bonds is 9. The summed E-state index contributed by atoms with van der Waals surface area (Å²) in [6, 6.07) is 8.36. The van der Waals surface area contributed by atoms with Crippen LogP contribution in [0, 0.1) is 18.7 Å². The van der Waals surface area contributed by atoms with E-state index in [1.165, 1.54) is 13.0 Å². The van der Waals surface area contributed by atoms with Crippen LogP contribution in [-0.2, 0) is 21.0 Å². The van der Waals surface area contributed by atoms with Gasteiger partial charge in [-0.2, -0.15) is 0 Å². The highest BCUT2D eigenvalue weighted by Gasteiger charge is 2.21. The maximum Gasteiger partial charge on any atom is 0.240 e. The Morgan fingerprint density at radius 2 is 2.23 bits per heavy atom. The van der Waals surface area contributed by atoms with Gasteiger partial charge in [0, 0.05) is 25.7 Å². The van der Waals surface area contributed by atoms with Gasteiger partial charge in [0.05, 0.1) is 18.5 Å². The average molecular weight is 429 g/mol. The van der Waals surface area contributed by atoms with Crippen LogP contribution in [0.4, 0.5) is 15.8 Å². The van der Waals surface area contributed by atoms with Gasteiger partial charge in [-0.05, 0) is 62.1 Å². The number of hydrazine groups is 1. The third-order valence-corrected chi connectivity index (χ3v) is 5.08. The molecule has 1 aromatic carbocycles. The lowest BCUT2D eigenvalue weighted by Crippen LogP contribution is -2.38. The Hall–Kier alpha value is -3.04. The Labute approximate surface area is 181 Å². The van der Waals surface area contributed by atoms with Gasteiger partial charge in [0.2, 0.25) is 12.3 Å². The standard InChI is InChI=1S/C22H28FN5O3/c1-16-5-7-20(11-24-16)25-28(15-29)22-10-18(6-8-21(22)23)12-27-9-3-4-19(13-27)14-31-26-17(2)30/h5-8,10-11,15,19,25H,3-4,9,12-14H2,1-2H3,(H,26,30). The minimum absolute atomic E-state index is 0.149. The van der Waals surface area contributed by atoms with Crippen molar-refractivity contribution in [1.82, 2.24) is 15.4 Å². The molecular formula is C22H28FN5O3. The summed E-state index contributed by atoms with van der Waals surface area (Å²) in [5.41, 5.74) is 7.72. The molecule has 0 bridgehead atoms. The zero-order chi connectivity index (χ0) is 22.2. The first kappa shape index (κ1) is 22.6. The molecule has 1 aliphatic rings. The first-order valence-electron chi connectivity index (χ1n) is 10.3. The molecule has 2 heterocycles. The summed E-state index contributed by atoms with van der Waals surface area (Å²) in [5, 5.41) is 1.12. The Kier molecular flexibility index (Phi) is 7.91. The van der Waals surface area contributed by atoms with Gasteiger partial charge in [-0.1, -0.05) is 6.07 Å². The Morgan fingerprint density at radius 1 is 1.39 bits per heavy atom. The number of carbonyl (C=O) groups is 2. The fourth-order valence-electron chi connectivity index (χ4n) is 3.61. The van der Waals surface area contributed by atoms with Crippen LogP contribution in [0.1, 0.15) is 31.0 Å². The van der Waals surface area contributed by atoms with E-state index in [1.54, 1.807) is 30.5 Å². The molecule has 0 saturated carbocycles. The lowest BCUT2D eigenvalue weighted by atomic mass is 9.98. The molecule has 2 aromatic rings. The highest BCUT2D eigenvalue weighted by atomic mass is 19.1. The molecule has 1 unspecified atom stereocenters. The molecule has 1 fully saturated rings. The molecule has 2 amide bonds. The molecular weight excluding hydrogens is 401 g/mol. The monoisotopic (exact) mass is 429 g/mol. The second-order valence-corrected chi connectivity index (χ2v) is 7.77. The number of piperidine rings is 1. The largest absolute Gasteiger partial charge is 0.299 e. The Morgan fingerprint density at radius 3 is 2.94 bits per heavy atom. The van der Waals surface area contributed by atoms with Crippen molar-refractivity contribution in [3.05, 3.63) is 53.6 Å². The van der Waals surface area contributed by atoms with E-state index in [-0.39, 0.29) is 11.6 Å². The molecule has 1 aliphatic heterocycles. The van der Waals surface area contributed by atoms with Crippen molar-refractivity contribution in [1.29, 1.82) is 0 Å². The molecule has 0 spiro atoms. The number of halogens is 1. The zero-order valence-electron chi connectivity index (χ0n) is 17.8. The third-order valence-electron chi connectivity index (χ3n) is 5.08. The summed E-state index contributed by atoms with van der Waals surface area (Å²) in [6.07, 6.45) is 4.17. The molecule has 9 heteroatoms. The minimum atomic E-state index is -0.497. The molecule has 1 saturated heterocycles. The molecule has 3 rings (SSSR count). The van der Waals surface area contributed by atoms with E-state index in [0.717, 1.165) is 42.2 Å². The second-order valence-electron chi connectivity index (χ2n) is 7.77. The van der Waals surface area contributed by atoms with Gasteiger partial charge in [-0.25, -0.2) is 14.9 Å². The highest BCUT2D eigenvalue weighted by molar-refractivity contribution is 5.79. The van der Waals surface area contributed by atoms with E-state index in [0.29, 0.717) is 31.2 Å². The van der Waals surface area contributed by atoms with Gasteiger partial charge in [-0.15, -0.1) is 0 Å². The van der Waals surface area contributed by atoms with Gasteiger partial charge in [0.1, 0.15) is 11.5 Å². The van der Waals surface area contributed by atoms with Crippen LogP contribution in [0.25, 0.3) is 0 Å². The van der Waals surface area contributed by atoms with Gasteiger partial charge >= 0.3 is 0 Å². The number of nitrogens with one attached hydrogen (secondary N) is 2. The predicted molar refractivity (Wildman–Crippen MR) is 115 cm³/mol. The van der Waals surface area contributed by atoms with Crippen molar-refractivity contribution in [2.45, 2.75) is 33.2 Å². The molecule has 8 nitrogen and oxygen atoms in total. The number of hydrogen-bond acceptors (Lipinski definition) is 6. The van der Waals surface area contributed by atoms with Crippen molar-refractivity contribution in [2.75, 3.05) is 30.1 Å². The van der Waals surface area contributed by atoms with Crippen LogP contribution in [0.3, 0.4) is 0 Å². The number of nitrogens with zero attached hydrogens (tertiary/aromatic N) is 3. The smallest absolute Gasteiger partial charge is 0.240 e. The van der Waals surface area contributed by atoms with Crippen LogP contribution in [0.5, 0.6) is 0 Å². The summed E-state index contributed by atoms with van der Waals surface area (Å²) < 4.78 is 14.5. The Bertz CT molecular complexity index is 893. The molecule has 166 valence electrons. The number of benzene rings is 1. The van der Waals surface area contributed by atoms with Crippen molar-refractivity contribution in [3.63, 3.8) is 0 Å². The van der Waals surface area contributed by atoms with Crippen LogP contribution in [0.15, 0.2) is 36.5 Å². The fourth-order valence-corrected chi connectivity index (χ4v) is 3.61. The van der Waals surface area contributed by atoms with E-state index >= 15 is 0 Å². The quantitative estimate of drug-likeness (QED) is 0.471. The lowest BCUT2D eigenvalue weighted by Gasteiger charge is -2.32. The summed E-state index contributed by atoms with van der Waals surface area (Å²) in [5.74, 6) is -0.410.